The van der Waals surface area contributed by atoms with Crippen LogP contribution in [0.25, 0.3) is 0 Å². The quantitative estimate of drug-likeness (QED) is 0.739. The molecule has 1 heteroatoms. The molecule has 0 radical (unpaired) electrons. The Bertz CT molecular complexity index is 436. The minimum Gasteiger partial charge on any atom is -0.316 e. The number of aryl methyl sites for hydroxylation is 3. The molecule has 0 saturated heterocycles. The number of rotatable bonds is 7. The van der Waals surface area contributed by atoms with Gasteiger partial charge in [0.1, 0.15) is 0 Å². The molecular weight excluding hydrogens is 254 g/mol. The van der Waals surface area contributed by atoms with Crippen molar-refractivity contribution in [1.82, 2.24) is 5.32 Å². The van der Waals surface area contributed by atoms with Crippen LogP contribution in [0.15, 0.2) is 12.1 Å². The van der Waals surface area contributed by atoms with Crippen LogP contribution >= 0.6 is 0 Å². The summed E-state index contributed by atoms with van der Waals surface area (Å²) in [6.07, 6.45) is 1.16. The van der Waals surface area contributed by atoms with Gasteiger partial charge in [-0.3, -0.25) is 0 Å². The molecule has 0 aromatic heterocycles. The fraction of sp³-hybridized carbons (Fsp3) is 0.700. The van der Waals surface area contributed by atoms with Gasteiger partial charge in [0.15, 0.2) is 0 Å². The number of hydrogen-bond acceptors (Lipinski definition) is 1. The van der Waals surface area contributed by atoms with Crippen LogP contribution in [0.3, 0.4) is 0 Å². The van der Waals surface area contributed by atoms with E-state index in [0.29, 0.717) is 17.3 Å². The summed E-state index contributed by atoms with van der Waals surface area (Å²) in [5.74, 6) is 1.38. The first-order chi connectivity index (χ1) is 9.65. The van der Waals surface area contributed by atoms with Gasteiger partial charge in [0.05, 0.1) is 0 Å². The first-order valence-corrected chi connectivity index (χ1v) is 8.43. The van der Waals surface area contributed by atoms with Crippen LogP contribution in [-0.4, -0.2) is 13.1 Å². The maximum atomic E-state index is 3.68. The minimum absolute atomic E-state index is 0.305. The highest BCUT2D eigenvalue weighted by Gasteiger charge is 2.29. The van der Waals surface area contributed by atoms with Crippen LogP contribution in [0, 0.1) is 38.0 Å². The fourth-order valence-electron chi connectivity index (χ4n) is 3.01. The molecule has 120 valence electrons. The maximum absolute atomic E-state index is 3.68. The molecule has 1 nitrogen and oxygen atoms in total. The largest absolute Gasteiger partial charge is 0.316 e. The van der Waals surface area contributed by atoms with E-state index in [1.807, 2.05) is 0 Å². The zero-order valence-electron chi connectivity index (χ0n) is 15.4. The molecule has 0 spiro atoms. The number of benzene rings is 1. The van der Waals surface area contributed by atoms with Crippen LogP contribution in [0.2, 0.25) is 0 Å². The Morgan fingerprint density at radius 2 is 1.52 bits per heavy atom. The average Bonchev–Trinajstić information content (AvgIpc) is 2.33. The van der Waals surface area contributed by atoms with Gasteiger partial charge in [-0.1, -0.05) is 52.3 Å². The molecule has 0 bridgehead atoms. The monoisotopic (exact) mass is 289 g/mol. The lowest BCUT2D eigenvalue weighted by Gasteiger charge is -2.36. The first kappa shape index (κ1) is 18.2. The minimum atomic E-state index is 0.305. The Hall–Kier alpha value is -0.820. The Labute approximate surface area is 132 Å². The highest BCUT2D eigenvalue weighted by molar-refractivity contribution is 5.38. The van der Waals surface area contributed by atoms with Gasteiger partial charge in [0, 0.05) is 6.54 Å². The normalized spacial score (nSPS) is 14.8. The number of hydrogen-bond donors (Lipinski definition) is 1. The number of nitrogens with one attached hydrogen (secondary N) is 1. The van der Waals surface area contributed by atoms with E-state index in [0.717, 1.165) is 19.5 Å². The van der Waals surface area contributed by atoms with E-state index >= 15 is 0 Å². The summed E-state index contributed by atoms with van der Waals surface area (Å²) in [4.78, 5) is 0. The van der Waals surface area contributed by atoms with E-state index in [1.54, 1.807) is 5.56 Å². The van der Waals surface area contributed by atoms with Gasteiger partial charge in [-0.05, 0) is 67.7 Å². The standard InChI is InChI=1S/C20H35N/c1-14(2)12-21-13-20(8,15(3)4)11-19-17(6)9-16(5)10-18(19)7/h9-10,14-15,21H,11-13H2,1-8H3. The Morgan fingerprint density at radius 1 is 1.00 bits per heavy atom. The van der Waals surface area contributed by atoms with Crippen molar-refractivity contribution in [3.05, 3.63) is 34.4 Å². The third-order valence-corrected chi connectivity index (χ3v) is 4.90. The van der Waals surface area contributed by atoms with E-state index in [-0.39, 0.29) is 0 Å². The van der Waals surface area contributed by atoms with Gasteiger partial charge in [0.25, 0.3) is 0 Å². The zero-order chi connectivity index (χ0) is 16.2. The van der Waals surface area contributed by atoms with Gasteiger partial charge in [-0.25, -0.2) is 0 Å². The van der Waals surface area contributed by atoms with Crippen molar-refractivity contribution in [3.8, 4) is 0 Å². The van der Waals surface area contributed by atoms with Gasteiger partial charge >= 0.3 is 0 Å². The summed E-state index contributed by atoms with van der Waals surface area (Å²) < 4.78 is 0. The van der Waals surface area contributed by atoms with Gasteiger partial charge in [0.2, 0.25) is 0 Å². The molecule has 1 aromatic rings. The third kappa shape index (κ3) is 5.14. The highest BCUT2D eigenvalue weighted by atomic mass is 14.9. The molecule has 1 aromatic carbocycles. The smallest absolute Gasteiger partial charge is 0.00109 e. The maximum Gasteiger partial charge on any atom is 0.00109 e. The molecule has 0 amide bonds. The highest BCUT2D eigenvalue weighted by Crippen LogP contribution is 2.33. The predicted molar refractivity (Wildman–Crippen MR) is 95.0 cm³/mol. The molecule has 0 fully saturated rings. The Balaban J connectivity index is 2.92. The van der Waals surface area contributed by atoms with E-state index in [2.05, 4.69) is 72.8 Å². The van der Waals surface area contributed by atoms with Crippen molar-refractivity contribution in [2.24, 2.45) is 17.3 Å². The molecular formula is C20H35N. The summed E-state index contributed by atoms with van der Waals surface area (Å²) in [5.41, 5.74) is 6.12. The molecule has 1 atom stereocenters. The van der Waals surface area contributed by atoms with Crippen molar-refractivity contribution in [2.75, 3.05) is 13.1 Å². The van der Waals surface area contributed by atoms with Crippen LogP contribution in [0.4, 0.5) is 0 Å². The van der Waals surface area contributed by atoms with Crippen molar-refractivity contribution in [1.29, 1.82) is 0 Å². The third-order valence-electron chi connectivity index (χ3n) is 4.90. The van der Waals surface area contributed by atoms with Crippen LogP contribution in [0.1, 0.15) is 56.9 Å². The lowest BCUT2D eigenvalue weighted by molar-refractivity contribution is 0.204. The Morgan fingerprint density at radius 3 is 1.95 bits per heavy atom. The summed E-state index contributed by atoms with van der Waals surface area (Å²) in [5, 5.41) is 3.68. The summed E-state index contributed by atoms with van der Waals surface area (Å²) >= 11 is 0. The molecule has 0 heterocycles. The average molecular weight is 290 g/mol. The summed E-state index contributed by atoms with van der Waals surface area (Å²) in [6, 6.07) is 4.65. The molecule has 0 saturated carbocycles. The molecule has 21 heavy (non-hydrogen) atoms. The van der Waals surface area contributed by atoms with Crippen LogP contribution in [-0.2, 0) is 6.42 Å². The van der Waals surface area contributed by atoms with Crippen molar-refractivity contribution in [2.45, 2.75) is 61.8 Å². The van der Waals surface area contributed by atoms with Gasteiger partial charge in [-0.15, -0.1) is 0 Å². The van der Waals surface area contributed by atoms with E-state index < -0.39 is 0 Å². The van der Waals surface area contributed by atoms with Crippen molar-refractivity contribution >= 4 is 0 Å². The van der Waals surface area contributed by atoms with Gasteiger partial charge in [-0.2, -0.15) is 0 Å². The molecule has 1 rings (SSSR count). The second kappa shape index (κ2) is 7.45. The lowest BCUT2D eigenvalue weighted by atomic mass is 9.72. The summed E-state index contributed by atoms with van der Waals surface area (Å²) in [6.45, 7) is 20.6. The molecule has 0 aliphatic rings. The first-order valence-electron chi connectivity index (χ1n) is 8.43. The molecule has 0 aliphatic heterocycles. The molecule has 1 N–H and O–H groups in total. The van der Waals surface area contributed by atoms with E-state index in [1.165, 1.54) is 16.7 Å². The zero-order valence-corrected chi connectivity index (χ0v) is 15.4. The Kier molecular flexibility index (Phi) is 6.46. The van der Waals surface area contributed by atoms with E-state index in [4.69, 9.17) is 0 Å². The topological polar surface area (TPSA) is 12.0 Å². The van der Waals surface area contributed by atoms with Crippen LogP contribution < -0.4 is 5.32 Å². The predicted octanol–water partition coefficient (Wildman–Crippen LogP) is 5.06. The fourth-order valence-corrected chi connectivity index (χ4v) is 3.01. The van der Waals surface area contributed by atoms with Crippen molar-refractivity contribution in [3.63, 3.8) is 0 Å². The van der Waals surface area contributed by atoms with Crippen molar-refractivity contribution < 1.29 is 0 Å². The summed E-state index contributed by atoms with van der Waals surface area (Å²) in [7, 11) is 0. The second-order valence-electron chi connectivity index (χ2n) is 7.89. The second-order valence-corrected chi connectivity index (χ2v) is 7.89. The van der Waals surface area contributed by atoms with Crippen LogP contribution in [0.5, 0.6) is 0 Å². The SMILES string of the molecule is Cc1cc(C)c(CC(C)(CNCC(C)C)C(C)C)c(C)c1. The van der Waals surface area contributed by atoms with E-state index in [9.17, 15) is 0 Å². The lowest BCUT2D eigenvalue weighted by Crippen LogP contribution is -2.39. The molecule has 1 unspecified atom stereocenters. The van der Waals surface area contributed by atoms with Gasteiger partial charge < -0.3 is 5.32 Å². The molecule has 0 aliphatic carbocycles.